The van der Waals surface area contributed by atoms with Crippen molar-refractivity contribution in [3.8, 4) is 0 Å². The number of anilines is 1. The molecule has 0 unspecified atom stereocenters. The number of nitrogens with zero attached hydrogens (tertiary/aromatic N) is 1. The first kappa shape index (κ1) is 11.7. The van der Waals surface area contributed by atoms with Gasteiger partial charge in [0.15, 0.2) is 5.78 Å². The molecule has 82 valence electrons. The van der Waals surface area contributed by atoms with Crippen molar-refractivity contribution in [1.29, 1.82) is 0 Å². The van der Waals surface area contributed by atoms with Gasteiger partial charge in [0.2, 0.25) is 0 Å². The van der Waals surface area contributed by atoms with Gasteiger partial charge in [0, 0.05) is 24.3 Å². The van der Waals surface area contributed by atoms with Crippen molar-refractivity contribution < 1.29 is 9.90 Å². The van der Waals surface area contributed by atoms with Gasteiger partial charge in [0.1, 0.15) is 6.61 Å². The number of carbonyl (C=O) groups is 1. The second kappa shape index (κ2) is 5.51. The lowest BCUT2D eigenvalue weighted by atomic mass is 10.1. The Morgan fingerprint density at radius 3 is 2.13 bits per heavy atom. The molecule has 0 atom stereocenters. The lowest BCUT2D eigenvalue weighted by Crippen LogP contribution is -2.21. The van der Waals surface area contributed by atoms with Gasteiger partial charge in [-0.25, -0.2) is 0 Å². The summed E-state index contributed by atoms with van der Waals surface area (Å²) in [7, 11) is 0. The molecule has 1 aromatic carbocycles. The number of ketones is 1. The standard InChI is InChI=1S/C12H17NO2/c1-3-13(4-2)11-7-5-10(6-8-11)12(15)9-14/h5-8,14H,3-4,9H2,1-2H3. The normalized spacial score (nSPS) is 10.1. The van der Waals surface area contributed by atoms with Crippen molar-refractivity contribution in [2.24, 2.45) is 0 Å². The highest BCUT2D eigenvalue weighted by molar-refractivity contribution is 5.97. The van der Waals surface area contributed by atoms with E-state index in [2.05, 4.69) is 18.7 Å². The number of Topliss-reactive ketones (excluding diaryl/α,β-unsaturated/α-hetero) is 1. The number of benzene rings is 1. The zero-order valence-corrected chi connectivity index (χ0v) is 9.23. The van der Waals surface area contributed by atoms with Crippen molar-refractivity contribution in [3.05, 3.63) is 29.8 Å². The number of rotatable bonds is 5. The van der Waals surface area contributed by atoms with Crippen LogP contribution in [0.1, 0.15) is 24.2 Å². The van der Waals surface area contributed by atoms with Crippen LogP contribution in [-0.2, 0) is 0 Å². The van der Waals surface area contributed by atoms with Gasteiger partial charge in [0.05, 0.1) is 0 Å². The molecule has 0 heterocycles. The summed E-state index contributed by atoms with van der Waals surface area (Å²) in [4.78, 5) is 13.4. The molecule has 3 heteroatoms. The lowest BCUT2D eigenvalue weighted by Gasteiger charge is -2.20. The van der Waals surface area contributed by atoms with Crippen LogP contribution in [0.15, 0.2) is 24.3 Å². The average molecular weight is 207 g/mol. The van der Waals surface area contributed by atoms with E-state index in [0.29, 0.717) is 5.56 Å². The molecule has 3 nitrogen and oxygen atoms in total. The van der Waals surface area contributed by atoms with Gasteiger partial charge >= 0.3 is 0 Å². The minimum atomic E-state index is -0.426. The summed E-state index contributed by atoms with van der Waals surface area (Å²) in [6, 6.07) is 7.34. The van der Waals surface area contributed by atoms with E-state index in [-0.39, 0.29) is 5.78 Å². The van der Waals surface area contributed by atoms with E-state index in [4.69, 9.17) is 5.11 Å². The molecule has 0 aliphatic carbocycles. The van der Waals surface area contributed by atoms with Crippen LogP contribution in [-0.4, -0.2) is 30.6 Å². The molecule has 15 heavy (non-hydrogen) atoms. The maximum atomic E-state index is 11.2. The minimum absolute atomic E-state index is 0.235. The summed E-state index contributed by atoms with van der Waals surface area (Å²) < 4.78 is 0. The lowest BCUT2D eigenvalue weighted by molar-refractivity contribution is 0.0904. The van der Waals surface area contributed by atoms with Crippen LogP contribution in [0.25, 0.3) is 0 Å². The highest BCUT2D eigenvalue weighted by Gasteiger charge is 2.05. The molecule has 0 saturated carbocycles. The predicted molar refractivity (Wildman–Crippen MR) is 61.4 cm³/mol. The smallest absolute Gasteiger partial charge is 0.188 e. The summed E-state index contributed by atoms with van der Waals surface area (Å²) in [6.45, 7) is 5.66. The van der Waals surface area contributed by atoms with Crippen molar-refractivity contribution in [2.45, 2.75) is 13.8 Å². The Hall–Kier alpha value is -1.35. The zero-order chi connectivity index (χ0) is 11.3. The number of hydrogen-bond donors (Lipinski definition) is 1. The Labute approximate surface area is 90.3 Å². The van der Waals surface area contributed by atoms with E-state index >= 15 is 0 Å². The van der Waals surface area contributed by atoms with Crippen LogP contribution < -0.4 is 4.90 Å². The quantitative estimate of drug-likeness (QED) is 0.747. The zero-order valence-electron chi connectivity index (χ0n) is 9.23. The minimum Gasteiger partial charge on any atom is -0.388 e. The van der Waals surface area contributed by atoms with Gasteiger partial charge < -0.3 is 10.0 Å². The first-order valence-corrected chi connectivity index (χ1v) is 5.22. The summed E-state index contributed by atoms with van der Waals surface area (Å²) in [5.74, 6) is -0.235. The SMILES string of the molecule is CCN(CC)c1ccc(C(=O)CO)cc1. The second-order valence-corrected chi connectivity index (χ2v) is 3.30. The fourth-order valence-corrected chi connectivity index (χ4v) is 1.54. The Bertz CT molecular complexity index is 315. The summed E-state index contributed by atoms with van der Waals surface area (Å²) in [6.07, 6.45) is 0. The van der Waals surface area contributed by atoms with Crippen LogP contribution in [0.2, 0.25) is 0 Å². The molecular weight excluding hydrogens is 190 g/mol. The molecule has 0 fully saturated rings. The summed E-state index contributed by atoms with van der Waals surface area (Å²) in [5, 5.41) is 8.70. The molecule has 0 aliphatic rings. The number of hydrogen-bond acceptors (Lipinski definition) is 3. The van der Waals surface area contributed by atoms with E-state index in [9.17, 15) is 4.79 Å². The van der Waals surface area contributed by atoms with Crippen LogP contribution in [0.4, 0.5) is 5.69 Å². The largest absolute Gasteiger partial charge is 0.388 e. The Balaban J connectivity index is 2.84. The Morgan fingerprint density at radius 1 is 1.20 bits per heavy atom. The fourth-order valence-electron chi connectivity index (χ4n) is 1.54. The van der Waals surface area contributed by atoms with Crippen molar-refractivity contribution in [3.63, 3.8) is 0 Å². The maximum Gasteiger partial charge on any atom is 0.188 e. The van der Waals surface area contributed by atoms with Crippen molar-refractivity contribution >= 4 is 11.5 Å². The van der Waals surface area contributed by atoms with E-state index in [0.717, 1.165) is 18.8 Å². The molecule has 0 spiro atoms. The number of aliphatic hydroxyl groups is 1. The van der Waals surface area contributed by atoms with Gasteiger partial charge in [0.25, 0.3) is 0 Å². The molecule has 0 amide bonds. The third-order valence-corrected chi connectivity index (χ3v) is 2.46. The average Bonchev–Trinajstić information content (AvgIpc) is 2.30. The molecular formula is C12H17NO2. The van der Waals surface area contributed by atoms with Crippen LogP contribution in [0.5, 0.6) is 0 Å². The van der Waals surface area contributed by atoms with Crippen molar-refractivity contribution in [1.82, 2.24) is 0 Å². The van der Waals surface area contributed by atoms with Gasteiger partial charge in [-0.05, 0) is 38.1 Å². The maximum absolute atomic E-state index is 11.2. The fraction of sp³-hybridized carbons (Fsp3) is 0.417. The molecule has 1 N–H and O–H groups in total. The molecule has 0 saturated heterocycles. The number of aliphatic hydroxyl groups excluding tert-OH is 1. The van der Waals surface area contributed by atoms with E-state index in [1.807, 2.05) is 12.1 Å². The topological polar surface area (TPSA) is 40.5 Å². The molecule has 1 rings (SSSR count). The molecule has 0 aromatic heterocycles. The van der Waals surface area contributed by atoms with E-state index in [1.54, 1.807) is 12.1 Å². The monoisotopic (exact) mass is 207 g/mol. The van der Waals surface area contributed by atoms with Crippen LogP contribution >= 0.6 is 0 Å². The number of carbonyl (C=O) groups excluding carboxylic acids is 1. The Kier molecular flexibility index (Phi) is 4.31. The third kappa shape index (κ3) is 2.80. The molecule has 1 aromatic rings. The highest BCUT2D eigenvalue weighted by Crippen LogP contribution is 2.14. The molecule has 0 radical (unpaired) electrons. The van der Waals surface area contributed by atoms with Crippen molar-refractivity contribution in [2.75, 3.05) is 24.6 Å². The van der Waals surface area contributed by atoms with E-state index < -0.39 is 6.61 Å². The van der Waals surface area contributed by atoms with Crippen LogP contribution in [0.3, 0.4) is 0 Å². The van der Waals surface area contributed by atoms with Gasteiger partial charge in [-0.3, -0.25) is 4.79 Å². The highest BCUT2D eigenvalue weighted by atomic mass is 16.3. The predicted octanol–water partition coefficient (Wildman–Crippen LogP) is 1.71. The molecule has 0 aliphatic heterocycles. The van der Waals surface area contributed by atoms with E-state index in [1.165, 1.54) is 0 Å². The summed E-state index contributed by atoms with van der Waals surface area (Å²) >= 11 is 0. The molecule has 0 bridgehead atoms. The van der Waals surface area contributed by atoms with Gasteiger partial charge in [-0.2, -0.15) is 0 Å². The Morgan fingerprint density at radius 2 is 1.73 bits per heavy atom. The third-order valence-electron chi connectivity index (χ3n) is 2.46. The van der Waals surface area contributed by atoms with Crippen LogP contribution in [0, 0.1) is 0 Å². The van der Waals surface area contributed by atoms with Gasteiger partial charge in [-0.15, -0.1) is 0 Å². The first-order valence-electron chi connectivity index (χ1n) is 5.22. The van der Waals surface area contributed by atoms with Gasteiger partial charge in [-0.1, -0.05) is 0 Å². The summed E-state index contributed by atoms with van der Waals surface area (Å²) in [5.41, 5.74) is 1.67. The first-order chi connectivity index (χ1) is 7.22. The second-order valence-electron chi connectivity index (χ2n) is 3.30.